The molecule has 2 rings (SSSR count). The largest absolute Gasteiger partial charge is 0.477 e. The highest BCUT2D eigenvalue weighted by Crippen LogP contribution is 2.11. The normalized spacial score (nSPS) is 11.9. The predicted molar refractivity (Wildman–Crippen MR) is 80.0 cm³/mol. The number of nitrogen functional groups attached to an aromatic ring is 1. The summed E-state index contributed by atoms with van der Waals surface area (Å²) in [6.07, 6.45) is 2.38. The number of carboxylic acid groups (broad SMARTS) is 1. The maximum absolute atomic E-state index is 11.9. The molecule has 0 aliphatic heterocycles. The van der Waals surface area contributed by atoms with Crippen molar-refractivity contribution in [2.45, 2.75) is 17.6 Å². The lowest BCUT2D eigenvalue weighted by molar-refractivity contribution is -0.119. The zero-order chi connectivity index (χ0) is 17.7. The third kappa shape index (κ3) is 4.67. The second kappa shape index (κ2) is 7.76. The summed E-state index contributed by atoms with van der Waals surface area (Å²) in [7, 11) is -1.88. The van der Waals surface area contributed by atoms with Gasteiger partial charge in [-0.15, -0.1) is 15.3 Å². The van der Waals surface area contributed by atoms with Gasteiger partial charge in [0.25, 0.3) is 0 Å². The molecular weight excluding hydrogens is 343 g/mol. The Morgan fingerprint density at radius 3 is 2.71 bits per heavy atom. The van der Waals surface area contributed by atoms with Gasteiger partial charge in [0.1, 0.15) is 6.33 Å². The van der Waals surface area contributed by atoms with Gasteiger partial charge < -0.3 is 26.3 Å². The van der Waals surface area contributed by atoms with E-state index in [1.165, 1.54) is 6.33 Å². The van der Waals surface area contributed by atoms with Crippen LogP contribution in [0.1, 0.15) is 10.5 Å². The summed E-state index contributed by atoms with van der Waals surface area (Å²) in [5.41, 5.74) is -0.301. The number of nitrogens with two attached hydrogens (primary N) is 1. The monoisotopic (exact) mass is 356 g/mol. The Bertz CT molecular complexity index is 720. The minimum atomic E-state index is -1.88. The van der Waals surface area contributed by atoms with Gasteiger partial charge in [-0.1, -0.05) is 17.0 Å². The molecular formula is C9H13BN8O5S. The van der Waals surface area contributed by atoms with Gasteiger partial charge in [-0.3, -0.25) is 9.48 Å². The summed E-state index contributed by atoms with van der Waals surface area (Å²) in [6, 6.07) is 0. The van der Waals surface area contributed by atoms with Crippen LogP contribution in [0.3, 0.4) is 0 Å². The Balaban J connectivity index is 1.91. The highest BCUT2D eigenvalue weighted by atomic mass is 32.2. The fraction of sp³-hybridized carbons (Fsp3) is 0.333. The second-order valence-corrected chi connectivity index (χ2v) is 5.47. The summed E-state index contributed by atoms with van der Waals surface area (Å²) >= 11 is 1.01. The predicted octanol–water partition coefficient (Wildman–Crippen LogP) is -3.43. The Labute approximate surface area is 139 Å². The van der Waals surface area contributed by atoms with Gasteiger partial charge in [-0.25, -0.2) is 9.47 Å². The second-order valence-electron chi connectivity index (χ2n) is 4.53. The summed E-state index contributed by atoms with van der Waals surface area (Å²) < 4.78 is 2.22. The molecule has 0 fully saturated rings. The number of nitrogens with one attached hydrogen (secondary N) is 1. The first-order valence-corrected chi connectivity index (χ1v) is 7.42. The van der Waals surface area contributed by atoms with Crippen LogP contribution in [-0.2, 0) is 11.3 Å². The molecule has 6 N–H and O–H groups in total. The molecule has 1 unspecified atom stereocenters. The molecule has 1 atom stereocenters. The van der Waals surface area contributed by atoms with Gasteiger partial charge in [0.2, 0.25) is 11.1 Å². The molecule has 128 valence electrons. The van der Waals surface area contributed by atoms with Crippen molar-refractivity contribution in [2.24, 2.45) is 0 Å². The number of amides is 1. The molecule has 2 heterocycles. The van der Waals surface area contributed by atoms with E-state index in [2.05, 4.69) is 25.8 Å². The van der Waals surface area contributed by atoms with Crippen molar-refractivity contribution in [3.05, 3.63) is 18.2 Å². The number of carboxylic acids is 1. The number of hydrogen-bond acceptors (Lipinski definition) is 10. The number of aromatic carboxylic acids is 1. The number of rotatable bonds is 8. The molecule has 15 heteroatoms. The fourth-order valence-electron chi connectivity index (χ4n) is 1.62. The van der Waals surface area contributed by atoms with Crippen LogP contribution in [0.25, 0.3) is 0 Å². The molecule has 0 bridgehead atoms. The quantitative estimate of drug-likeness (QED) is 0.179. The summed E-state index contributed by atoms with van der Waals surface area (Å²) in [5, 5.41) is 44.3. The van der Waals surface area contributed by atoms with Crippen LogP contribution in [-0.4, -0.2) is 75.7 Å². The van der Waals surface area contributed by atoms with Crippen LogP contribution in [0, 0.1) is 0 Å². The van der Waals surface area contributed by atoms with Gasteiger partial charge in [-0.05, 0) is 0 Å². The molecule has 2 aromatic heterocycles. The highest BCUT2D eigenvalue weighted by molar-refractivity contribution is 7.99. The maximum atomic E-state index is 11.9. The molecule has 0 radical (unpaired) electrons. The topological polar surface area (TPSA) is 194 Å². The third-order valence-electron chi connectivity index (χ3n) is 2.72. The van der Waals surface area contributed by atoms with E-state index >= 15 is 0 Å². The number of aromatic nitrogens is 6. The molecule has 0 saturated heterocycles. The van der Waals surface area contributed by atoms with E-state index in [4.69, 9.17) is 10.9 Å². The van der Waals surface area contributed by atoms with E-state index < -0.39 is 24.9 Å². The minimum Gasteiger partial charge on any atom is -0.476 e. The van der Waals surface area contributed by atoms with Crippen LogP contribution < -0.4 is 11.2 Å². The van der Waals surface area contributed by atoms with E-state index in [1.807, 2.05) is 0 Å². The molecule has 0 aromatic carbocycles. The van der Waals surface area contributed by atoms with Gasteiger partial charge in [-0.2, -0.15) is 0 Å². The van der Waals surface area contributed by atoms with Crippen molar-refractivity contribution in [3.63, 3.8) is 0 Å². The zero-order valence-electron chi connectivity index (χ0n) is 12.1. The van der Waals surface area contributed by atoms with E-state index in [0.29, 0.717) is 5.16 Å². The number of carbonyl (C=O) groups excluding carboxylic acids is 1. The third-order valence-corrected chi connectivity index (χ3v) is 3.68. The van der Waals surface area contributed by atoms with Gasteiger partial charge in [0.15, 0.2) is 5.69 Å². The van der Waals surface area contributed by atoms with Crippen LogP contribution >= 0.6 is 11.8 Å². The molecule has 2 aromatic rings. The highest BCUT2D eigenvalue weighted by Gasteiger charge is 2.27. The van der Waals surface area contributed by atoms with Gasteiger partial charge in [0.05, 0.1) is 24.4 Å². The average molecular weight is 356 g/mol. The van der Waals surface area contributed by atoms with E-state index in [0.717, 1.165) is 27.3 Å². The van der Waals surface area contributed by atoms with E-state index in [9.17, 15) is 19.6 Å². The fourth-order valence-corrected chi connectivity index (χ4v) is 2.26. The van der Waals surface area contributed by atoms with Crippen LogP contribution in [0.2, 0.25) is 0 Å². The lowest BCUT2D eigenvalue weighted by atomic mass is 9.79. The van der Waals surface area contributed by atoms with Crippen LogP contribution in [0.5, 0.6) is 0 Å². The molecule has 0 spiro atoms. The van der Waals surface area contributed by atoms with Gasteiger partial charge >= 0.3 is 13.1 Å². The standard InChI is InChI=1S/C9H13BN8O5S/c11-18-4-12-15-9(18)24-3-7(19)13-6(10(22)23)2-17-1-5(8(20)21)14-16-17/h1,4,6,22-23H,2-3,11H2,(H,13,19)(H,20,21). The summed E-state index contributed by atoms with van der Waals surface area (Å²) in [5.74, 6) is 2.51. The zero-order valence-corrected chi connectivity index (χ0v) is 12.9. The summed E-state index contributed by atoms with van der Waals surface area (Å²) in [4.78, 5) is 22.6. The Morgan fingerprint density at radius 1 is 1.42 bits per heavy atom. The van der Waals surface area contributed by atoms with Crippen LogP contribution in [0.4, 0.5) is 0 Å². The molecule has 0 aliphatic rings. The Hall–Kier alpha value is -2.65. The summed E-state index contributed by atoms with van der Waals surface area (Å²) in [6.45, 7) is -0.179. The number of thioether (sulfide) groups is 1. The first kappa shape index (κ1) is 17.7. The lowest BCUT2D eigenvalue weighted by Gasteiger charge is -2.17. The van der Waals surface area contributed by atoms with Crippen molar-refractivity contribution in [1.29, 1.82) is 0 Å². The van der Waals surface area contributed by atoms with Crippen molar-refractivity contribution >= 4 is 30.8 Å². The Kier molecular flexibility index (Phi) is 5.72. The van der Waals surface area contributed by atoms with Crippen molar-refractivity contribution in [1.82, 2.24) is 35.2 Å². The Morgan fingerprint density at radius 2 is 2.17 bits per heavy atom. The average Bonchev–Trinajstić information content (AvgIpc) is 3.13. The van der Waals surface area contributed by atoms with Gasteiger partial charge in [0, 0.05) is 0 Å². The molecule has 13 nitrogen and oxygen atoms in total. The first-order chi connectivity index (χ1) is 11.4. The first-order valence-electron chi connectivity index (χ1n) is 6.43. The minimum absolute atomic E-state index is 0.0865. The lowest BCUT2D eigenvalue weighted by Crippen LogP contribution is -2.49. The molecule has 24 heavy (non-hydrogen) atoms. The smallest absolute Gasteiger partial charge is 0.476 e. The molecule has 0 aliphatic carbocycles. The van der Waals surface area contributed by atoms with E-state index in [-0.39, 0.29) is 18.0 Å². The maximum Gasteiger partial charge on any atom is 0.477 e. The van der Waals surface area contributed by atoms with Crippen LogP contribution in [0.15, 0.2) is 17.7 Å². The van der Waals surface area contributed by atoms with Crippen molar-refractivity contribution in [3.8, 4) is 0 Å². The van der Waals surface area contributed by atoms with Crippen molar-refractivity contribution < 1.29 is 24.7 Å². The number of carbonyl (C=O) groups is 2. The SMILES string of the molecule is Nn1cnnc1SCC(=O)NC(Cn1cc(C(=O)O)nn1)B(O)O. The van der Waals surface area contributed by atoms with E-state index in [1.54, 1.807) is 0 Å². The molecule has 1 amide bonds. The number of hydrogen-bond donors (Lipinski definition) is 5. The molecule has 0 saturated carbocycles. The number of nitrogens with zero attached hydrogens (tertiary/aromatic N) is 6. The van der Waals surface area contributed by atoms with Crippen molar-refractivity contribution in [2.75, 3.05) is 11.6 Å².